The second kappa shape index (κ2) is 8.78. The largest absolute Gasteiger partial charge is 0.497 e. The molecule has 0 aliphatic rings. The molecular formula is C24H25NO4. The number of para-hydroxylation sites is 1. The van der Waals surface area contributed by atoms with Crippen molar-refractivity contribution in [1.82, 2.24) is 4.57 Å². The summed E-state index contributed by atoms with van der Waals surface area (Å²) in [4.78, 5) is 24.4. The van der Waals surface area contributed by atoms with Crippen LogP contribution < -0.4 is 4.74 Å². The summed E-state index contributed by atoms with van der Waals surface area (Å²) in [7, 11) is 1.62. The van der Waals surface area contributed by atoms with Crippen molar-refractivity contribution in [1.29, 1.82) is 0 Å². The first-order valence-electron chi connectivity index (χ1n) is 9.56. The molecule has 3 rings (SSSR count). The van der Waals surface area contributed by atoms with Gasteiger partial charge in [-0.1, -0.05) is 36.4 Å². The van der Waals surface area contributed by atoms with Crippen LogP contribution in [-0.4, -0.2) is 30.2 Å². The van der Waals surface area contributed by atoms with Gasteiger partial charge in [0.2, 0.25) is 5.91 Å². The molecule has 0 saturated carbocycles. The fourth-order valence-electron chi connectivity index (χ4n) is 3.45. The molecule has 0 saturated heterocycles. The van der Waals surface area contributed by atoms with Crippen LogP contribution in [0.25, 0.3) is 10.9 Å². The number of hydrogen-bond donors (Lipinski definition) is 0. The Morgan fingerprint density at radius 1 is 1.07 bits per heavy atom. The topological polar surface area (TPSA) is 57.5 Å². The third-order valence-electron chi connectivity index (χ3n) is 4.91. The van der Waals surface area contributed by atoms with E-state index in [4.69, 9.17) is 9.47 Å². The fourth-order valence-corrected chi connectivity index (χ4v) is 3.45. The highest BCUT2D eigenvalue weighted by Crippen LogP contribution is 2.35. The summed E-state index contributed by atoms with van der Waals surface area (Å²) in [6.45, 7) is 5.39. The molecule has 150 valence electrons. The number of hydrogen-bond acceptors (Lipinski definition) is 4. The van der Waals surface area contributed by atoms with E-state index in [1.807, 2.05) is 60.8 Å². The number of rotatable bonds is 6. The Hall–Kier alpha value is -3.34. The van der Waals surface area contributed by atoms with Crippen molar-refractivity contribution in [3.05, 3.63) is 77.5 Å². The van der Waals surface area contributed by atoms with Gasteiger partial charge in [0.05, 0.1) is 19.2 Å². The van der Waals surface area contributed by atoms with E-state index in [0.29, 0.717) is 12.2 Å². The number of fused-ring (bicyclic) bond motifs is 1. The van der Waals surface area contributed by atoms with E-state index < -0.39 is 0 Å². The van der Waals surface area contributed by atoms with Crippen LogP contribution in [0.2, 0.25) is 0 Å². The number of allylic oxidation sites excluding steroid dienone is 1. The number of ether oxygens (including phenoxy) is 2. The number of carbonyl (C=O) groups is 2. The van der Waals surface area contributed by atoms with Crippen LogP contribution in [0.1, 0.15) is 42.6 Å². The molecule has 0 spiro atoms. The van der Waals surface area contributed by atoms with Crippen LogP contribution >= 0.6 is 0 Å². The molecule has 1 heterocycles. The molecule has 0 aliphatic carbocycles. The molecule has 3 aromatic rings. The first-order chi connectivity index (χ1) is 14.0. The first-order valence-corrected chi connectivity index (χ1v) is 9.56. The summed E-state index contributed by atoms with van der Waals surface area (Å²) in [5.41, 5.74) is 3.30. The highest BCUT2D eigenvalue weighted by Gasteiger charge is 2.21. The lowest BCUT2D eigenvalue weighted by Gasteiger charge is -2.15. The average molecular weight is 391 g/mol. The van der Waals surface area contributed by atoms with E-state index in [-0.39, 0.29) is 17.8 Å². The molecule has 0 bridgehead atoms. The van der Waals surface area contributed by atoms with Crippen LogP contribution in [0.5, 0.6) is 5.75 Å². The Kier molecular flexibility index (Phi) is 6.17. The standard InChI is InChI=1S/C24H25NO4/c1-5-29-24(27)16(2)14-21(18-10-12-19(28-4)13-11-18)22-15-25(17(3)26)23-9-7-6-8-20(22)23/h6-15,21H,5H2,1-4H3/b16-14+. The lowest BCUT2D eigenvalue weighted by atomic mass is 9.89. The van der Waals surface area contributed by atoms with Crippen molar-refractivity contribution in [3.8, 4) is 5.75 Å². The maximum absolute atomic E-state index is 12.2. The van der Waals surface area contributed by atoms with Gasteiger partial charge in [-0.15, -0.1) is 0 Å². The molecule has 5 nitrogen and oxygen atoms in total. The minimum atomic E-state index is -0.346. The van der Waals surface area contributed by atoms with Gasteiger partial charge >= 0.3 is 5.97 Å². The number of esters is 1. The number of nitrogens with zero attached hydrogens (tertiary/aromatic N) is 1. The smallest absolute Gasteiger partial charge is 0.333 e. The second-order valence-corrected chi connectivity index (χ2v) is 6.81. The number of benzene rings is 2. The van der Waals surface area contributed by atoms with Crippen molar-refractivity contribution in [3.63, 3.8) is 0 Å². The van der Waals surface area contributed by atoms with Crippen molar-refractivity contribution in [2.24, 2.45) is 0 Å². The van der Waals surface area contributed by atoms with E-state index >= 15 is 0 Å². The molecule has 0 aliphatic heterocycles. The average Bonchev–Trinajstić information content (AvgIpc) is 3.12. The van der Waals surface area contributed by atoms with Crippen LogP contribution in [-0.2, 0) is 9.53 Å². The molecule has 0 fully saturated rings. The molecule has 5 heteroatoms. The SMILES string of the molecule is CCOC(=O)/C(C)=C/C(c1ccc(OC)cc1)c1cn(C(C)=O)c2ccccc12. The summed E-state index contributed by atoms with van der Waals surface area (Å²) in [6.07, 6.45) is 3.75. The van der Waals surface area contributed by atoms with Crippen molar-refractivity contribution < 1.29 is 19.1 Å². The third-order valence-corrected chi connectivity index (χ3v) is 4.91. The van der Waals surface area contributed by atoms with Gasteiger partial charge in [0.1, 0.15) is 5.75 Å². The zero-order valence-electron chi connectivity index (χ0n) is 17.1. The van der Waals surface area contributed by atoms with E-state index in [0.717, 1.165) is 27.8 Å². The van der Waals surface area contributed by atoms with Gasteiger partial charge in [0.15, 0.2) is 0 Å². The Balaban J connectivity index is 2.20. The Bertz CT molecular complexity index is 1060. The van der Waals surface area contributed by atoms with E-state index in [2.05, 4.69) is 0 Å². The van der Waals surface area contributed by atoms with Gasteiger partial charge in [-0.05, 0) is 43.2 Å². The van der Waals surface area contributed by atoms with Gasteiger partial charge in [0.25, 0.3) is 0 Å². The summed E-state index contributed by atoms with van der Waals surface area (Å²) in [5.74, 6) is 0.119. The number of methoxy groups -OCH3 is 1. The van der Waals surface area contributed by atoms with Gasteiger partial charge in [-0.2, -0.15) is 0 Å². The molecule has 0 N–H and O–H groups in total. The van der Waals surface area contributed by atoms with Crippen molar-refractivity contribution in [2.75, 3.05) is 13.7 Å². The summed E-state index contributed by atoms with van der Waals surface area (Å²) in [5, 5.41) is 0.969. The van der Waals surface area contributed by atoms with E-state index in [9.17, 15) is 9.59 Å². The number of carbonyl (C=O) groups excluding carboxylic acids is 2. The molecule has 2 aromatic carbocycles. The van der Waals surface area contributed by atoms with Crippen molar-refractivity contribution >= 4 is 22.8 Å². The molecule has 1 unspecified atom stereocenters. The molecule has 1 atom stereocenters. The van der Waals surface area contributed by atoms with E-state index in [1.54, 1.807) is 25.5 Å². The summed E-state index contributed by atoms with van der Waals surface area (Å²) >= 11 is 0. The molecule has 1 aromatic heterocycles. The predicted molar refractivity (Wildman–Crippen MR) is 113 cm³/mol. The quantitative estimate of drug-likeness (QED) is 0.441. The second-order valence-electron chi connectivity index (χ2n) is 6.81. The summed E-state index contributed by atoms with van der Waals surface area (Å²) in [6, 6.07) is 15.5. The normalized spacial score (nSPS) is 12.6. The van der Waals surface area contributed by atoms with Crippen LogP contribution in [0.3, 0.4) is 0 Å². The molecule has 0 amide bonds. The highest BCUT2D eigenvalue weighted by atomic mass is 16.5. The highest BCUT2D eigenvalue weighted by molar-refractivity contribution is 5.94. The summed E-state index contributed by atoms with van der Waals surface area (Å²) < 4.78 is 12.1. The maximum atomic E-state index is 12.2. The third kappa shape index (κ3) is 4.24. The predicted octanol–water partition coefficient (Wildman–Crippen LogP) is 4.95. The zero-order chi connectivity index (χ0) is 21.0. The van der Waals surface area contributed by atoms with Crippen LogP contribution in [0.15, 0.2) is 66.4 Å². The molecule has 29 heavy (non-hydrogen) atoms. The lowest BCUT2D eigenvalue weighted by molar-refractivity contribution is -0.138. The van der Waals surface area contributed by atoms with Gasteiger partial charge in [-0.3, -0.25) is 9.36 Å². The van der Waals surface area contributed by atoms with Gasteiger partial charge in [0, 0.05) is 30.0 Å². The Morgan fingerprint density at radius 3 is 2.38 bits per heavy atom. The minimum absolute atomic E-state index is 0.0629. The Morgan fingerprint density at radius 2 is 1.76 bits per heavy atom. The minimum Gasteiger partial charge on any atom is -0.497 e. The maximum Gasteiger partial charge on any atom is 0.333 e. The Labute approximate surface area is 170 Å². The number of aromatic nitrogens is 1. The molecular weight excluding hydrogens is 366 g/mol. The van der Waals surface area contributed by atoms with Crippen molar-refractivity contribution in [2.45, 2.75) is 26.7 Å². The van der Waals surface area contributed by atoms with E-state index in [1.165, 1.54) is 6.92 Å². The zero-order valence-corrected chi connectivity index (χ0v) is 17.1. The van der Waals surface area contributed by atoms with Crippen LogP contribution in [0, 0.1) is 0 Å². The molecule has 0 radical (unpaired) electrons. The lowest BCUT2D eigenvalue weighted by Crippen LogP contribution is -2.08. The fraction of sp³-hybridized carbons (Fsp3) is 0.250. The van der Waals surface area contributed by atoms with Gasteiger partial charge < -0.3 is 9.47 Å². The van der Waals surface area contributed by atoms with Crippen LogP contribution in [0.4, 0.5) is 0 Å². The van der Waals surface area contributed by atoms with Gasteiger partial charge in [-0.25, -0.2) is 4.79 Å². The monoisotopic (exact) mass is 391 g/mol. The first kappa shape index (κ1) is 20.4.